The normalized spacial score (nSPS) is 14.4. The van der Waals surface area contributed by atoms with Crippen molar-refractivity contribution < 1.29 is 13.0 Å². The zero-order valence-corrected chi connectivity index (χ0v) is 18.6. The largest absolute Gasteiger partial charge is 0.317 e. The van der Waals surface area contributed by atoms with Crippen molar-refractivity contribution >= 4 is 10.1 Å². The van der Waals surface area contributed by atoms with Crippen molar-refractivity contribution in [3.8, 4) is 0 Å². The van der Waals surface area contributed by atoms with Crippen LogP contribution in [0.1, 0.15) is 96.0 Å². The van der Waals surface area contributed by atoms with Crippen LogP contribution in [0.3, 0.4) is 0 Å². The molecule has 1 aromatic rings. The van der Waals surface area contributed by atoms with Crippen molar-refractivity contribution in [2.75, 3.05) is 13.1 Å². The molecule has 0 aliphatic carbocycles. The summed E-state index contributed by atoms with van der Waals surface area (Å²) < 4.78 is 31.8. The number of aryl methyl sites for hydroxylation is 1. The van der Waals surface area contributed by atoms with Crippen LogP contribution < -0.4 is 5.32 Å². The Labute approximate surface area is 173 Å². The van der Waals surface area contributed by atoms with Gasteiger partial charge in [0.25, 0.3) is 10.1 Å². The second-order valence-electron chi connectivity index (χ2n) is 7.83. The molecule has 1 heterocycles. The van der Waals surface area contributed by atoms with Gasteiger partial charge in [-0.05, 0) is 50.4 Å². The minimum Gasteiger partial charge on any atom is -0.317 e. The second kappa shape index (κ2) is 15.9. The Bertz CT molecular complexity index is 586. The molecule has 0 amide bonds. The van der Waals surface area contributed by atoms with E-state index in [9.17, 15) is 13.0 Å². The van der Waals surface area contributed by atoms with Crippen LogP contribution in [0, 0.1) is 0 Å². The molecule has 0 unspecified atom stereocenters. The van der Waals surface area contributed by atoms with E-state index in [1.165, 1.54) is 89.8 Å². The van der Waals surface area contributed by atoms with Gasteiger partial charge in [-0.25, -0.2) is 0 Å². The van der Waals surface area contributed by atoms with Gasteiger partial charge in [0.2, 0.25) is 0 Å². The first-order valence-electron chi connectivity index (χ1n) is 11.3. The highest BCUT2D eigenvalue weighted by Crippen LogP contribution is 2.18. The van der Waals surface area contributed by atoms with Crippen LogP contribution in [0.5, 0.6) is 0 Å². The third kappa shape index (κ3) is 12.5. The summed E-state index contributed by atoms with van der Waals surface area (Å²) in [6, 6.07) is 6.73. The highest BCUT2D eigenvalue weighted by atomic mass is 32.2. The van der Waals surface area contributed by atoms with Gasteiger partial charge in [0.05, 0.1) is 4.90 Å². The summed E-state index contributed by atoms with van der Waals surface area (Å²) in [5, 5.41) is 3.28. The third-order valence-electron chi connectivity index (χ3n) is 5.26. The lowest BCUT2D eigenvalue weighted by Crippen LogP contribution is -2.21. The molecule has 0 spiro atoms. The number of benzene rings is 1. The van der Waals surface area contributed by atoms with Crippen molar-refractivity contribution in [2.24, 2.45) is 0 Å². The van der Waals surface area contributed by atoms with Crippen molar-refractivity contribution in [2.45, 2.75) is 102 Å². The summed E-state index contributed by atoms with van der Waals surface area (Å²) in [4.78, 5) is 0.0610. The Balaban J connectivity index is 0.000000552. The molecule has 1 saturated heterocycles. The molecule has 2 rings (SSSR count). The van der Waals surface area contributed by atoms with Crippen molar-refractivity contribution in [1.82, 2.24) is 5.32 Å². The molecular weight excluding hydrogens is 370 g/mol. The Morgan fingerprint density at radius 1 is 0.821 bits per heavy atom. The maximum Gasteiger partial charge on any atom is 0.294 e. The number of hydrogen-bond donors (Lipinski definition) is 2. The maximum atomic E-state index is 11.3. The van der Waals surface area contributed by atoms with E-state index in [1.54, 1.807) is 12.1 Å². The molecule has 0 aromatic heterocycles. The first-order chi connectivity index (χ1) is 13.6. The van der Waals surface area contributed by atoms with Gasteiger partial charge in [0, 0.05) is 0 Å². The average molecular weight is 412 g/mol. The van der Waals surface area contributed by atoms with Crippen LogP contribution in [0.2, 0.25) is 0 Å². The molecule has 1 aliphatic rings. The van der Waals surface area contributed by atoms with Gasteiger partial charge in [-0.2, -0.15) is 8.42 Å². The molecule has 0 saturated carbocycles. The lowest BCUT2D eigenvalue weighted by molar-refractivity contribution is 0.481. The Kier molecular flexibility index (Phi) is 14.3. The molecule has 28 heavy (non-hydrogen) atoms. The van der Waals surface area contributed by atoms with Crippen LogP contribution in [-0.4, -0.2) is 26.1 Å². The molecule has 0 radical (unpaired) electrons. The summed E-state index contributed by atoms with van der Waals surface area (Å²) in [6.07, 6.45) is 17.5. The number of nitrogens with one attached hydrogen (secondary N) is 1. The van der Waals surface area contributed by atoms with E-state index in [-0.39, 0.29) is 4.90 Å². The van der Waals surface area contributed by atoms with Crippen molar-refractivity contribution in [1.29, 1.82) is 0 Å². The van der Waals surface area contributed by atoms with Gasteiger partial charge >= 0.3 is 0 Å². The maximum absolute atomic E-state index is 11.3. The van der Waals surface area contributed by atoms with Crippen molar-refractivity contribution in [3.05, 3.63) is 29.8 Å². The number of rotatable bonds is 12. The standard InChI is InChI=1S/C18H30O3S.C5H11N/c1-2-3-4-5-6-7-8-9-10-11-14-17-15-12-13-16-18(17)22(19,20)21;1-2-4-6-5-3-1/h12-13,15-16H,2-11,14H2,1H3,(H,19,20,21);6H,1-5H2. The molecule has 0 atom stereocenters. The zero-order chi connectivity index (χ0) is 20.5. The molecule has 4 nitrogen and oxygen atoms in total. The smallest absolute Gasteiger partial charge is 0.294 e. The van der Waals surface area contributed by atoms with Gasteiger partial charge in [-0.15, -0.1) is 0 Å². The van der Waals surface area contributed by atoms with E-state index in [2.05, 4.69) is 12.2 Å². The lowest BCUT2D eigenvalue weighted by atomic mass is 10.0. The van der Waals surface area contributed by atoms with Gasteiger partial charge in [0.15, 0.2) is 0 Å². The van der Waals surface area contributed by atoms with E-state index >= 15 is 0 Å². The van der Waals surface area contributed by atoms with Crippen LogP contribution in [0.15, 0.2) is 29.2 Å². The van der Waals surface area contributed by atoms with Gasteiger partial charge < -0.3 is 5.32 Å². The second-order valence-corrected chi connectivity index (χ2v) is 9.22. The molecular formula is C23H41NO3S. The fourth-order valence-electron chi connectivity index (χ4n) is 3.57. The fraction of sp³-hybridized carbons (Fsp3) is 0.739. The zero-order valence-electron chi connectivity index (χ0n) is 17.8. The predicted molar refractivity (Wildman–Crippen MR) is 119 cm³/mol. The number of piperidine rings is 1. The summed E-state index contributed by atoms with van der Waals surface area (Å²) in [6.45, 7) is 4.74. The van der Waals surface area contributed by atoms with E-state index < -0.39 is 10.1 Å². The molecule has 162 valence electrons. The van der Waals surface area contributed by atoms with E-state index in [1.807, 2.05) is 6.07 Å². The van der Waals surface area contributed by atoms with Crippen LogP contribution in [0.25, 0.3) is 0 Å². The minimum absolute atomic E-state index is 0.0610. The lowest BCUT2D eigenvalue weighted by Gasteiger charge is -2.08. The Morgan fingerprint density at radius 2 is 1.36 bits per heavy atom. The molecule has 2 N–H and O–H groups in total. The highest BCUT2D eigenvalue weighted by Gasteiger charge is 2.13. The number of hydrogen-bond acceptors (Lipinski definition) is 3. The van der Waals surface area contributed by atoms with Crippen LogP contribution in [0.4, 0.5) is 0 Å². The SMILES string of the molecule is C1CCNCC1.CCCCCCCCCCCCc1ccccc1S(=O)(=O)O. The molecule has 0 bridgehead atoms. The molecule has 1 aromatic carbocycles. The fourth-order valence-corrected chi connectivity index (χ4v) is 4.32. The third-order valence-corrected chi connectivity index (χ3v) is 6.21. The Hall–Kier alpha value is -0.910. The molecule has 5 heteroatoms. The summed E-state index contributed by atoms with van der Waals surface area (Å²) in [5.41, 5.74) is 0.726. The highest BCUT2D eigenvalue weighted by molar-refractivity contribution is 7.85. The Morgan fingerprint density at radius 3 is 1.82 bits per heavy atom. The van der Waals surface area contributed by atoms with Gasteiger partial charge in [-0.1, -0.05) is 89.3 Å². The topological polar surface area (TPSA) is 66.4 Å². The number of unbranched alkanes of at least 4 members (excludes halogenated alkanes) is 9. The monoisotopic (exact) mass is 411 g/mol. The summed E-state index contributed by atoms with van der Waals surface area (Å²) in [7, 11) is -4.10. The van der Waals surface area contributed by atoms with Gasteiger partial charge in [-0.3, -0.25) is 4.55 Å². The average Bonchev–Trinajstić information content (AvgIpc) is 2.71. The quantitative estimate of drug-likeness (QED) is 0.319. The van der Waals surface area contributed by atoms with E-state index in [4.69, 9.17) is 0 Å². The van der Waals surface area contributed by atoms with Crippen LogP contribution in [-0.2, 0) is 16.5 Å². The molecule has 1 aliphatic heterocycles. The summed E-state index contributed by atoms with van der Waals surface area (Å²) in [5.74, 6) is 0. The summed E-state index contributed by atoms with van der Waals surface area (Å²) >= 11 is 0. The van der Waals surface area contributed by atoms with Crippen molar-refractivity contribution in [3.63, 3.8) is 0 Å². The van der Waals surface area contributed by atoms with E-state index in [0.717, 1.165) is 18.4 Å². The first-order valence-corrected chi connectivity index (χ1v) is 12.8. The van der Waals surface area contributed by atoms with Crippen LogP contribution >= 0.6 is 0 Å². The predicted octanol–water partition coefficient (Wildman–Crippen LogP) is 6.16. The van der Waals surface area contributed by atoms with Gasteiger partial charge in [0.1, 0.15) is 0 Å². The van der Waals surface area contributed by atoms with E-state index in [0.29, 0.717) is 6.42 Å². The minimum atomic E-state index is -4.10. The first kappa shape index (κ1) is 25.1. The molecule has 1 fully saturated rings.